The average molecular weight is 270 g/mol. The highest BCUT2D eigenvalue weighted by Crippen LogP contribution is 2.29. The molecule has 0 unspecified atom stereocenters. The molecule has 1 aliphatic rings. The van der Waals surface area contributed by atoms with Crippen molar-refractivity contribution in [3.8, 4) is 0 Å². The Kier molecular flexibility index (Phi) is 3.90. The number of aliphatic hydroxyl groups is 1. The van der Waals surface area contributed by atoms with E-state index in [2.05, 4.69) is 0 Å². The van der Waals surface area contributed by atoms with Gasteiger partial charge in [-0.1, -0.05) is 23.7 Å². The third-order valence-corrected chi connectivity index (χ3v) is 3.44. The number of halogens is 1. The van der Waals surface area contributed by atoms with E-state index in [-0.39, 0.29) is 12.5 Å². The van der Waals surface area contributed by atoms with Crippen molar-refractivity contribution in [2.45, 2.75) is 6.54 Å². The SMILES string of the molecule is CN(Cc1ccc(Cl)cc1)C(=O)C1(CO)COC1. The molecule has 1 aliphatic heterocycles. The monoisotopic (exact) mass is 269 g/mol. The van der Waals surface area contributed by atoms with Crippen LogP contribution < -0.4 is 0 Å². The zero-order chi connectivity index (χ0) is 13.2. The molecule has 98 valence electrons. The predicted molar refractivity (Wildman–Crippen MR) is 68.3 cm³/mol. The lowest BCUT2D eigenvalue weighted by atomic mass is 9.85. The second kappa shape index (κ2) is 5.26. The Bertz CT molecular complexity index is 423. The summed E-state index contributed by atoms with van der Waals surface area (Å²) < 4.78 is 5.04. The van der Waals surface area contributed by atoms with E-state index < -0.39 is 5.41 Å². The minimum atomic E-state index is -0.735. The predicted octanol–water partition coefficient (Wildman–Crippen LogP) is 1.31. The fraction of sp³-hybridized carbons (Fsp3) is 0.462. The van der Waals surface area contributed by atoms with Gasteiger partial charge >= 0.3 is 0 Å². The van der Waals surface area contributed by atoms with E-state index in [1.165, 1.54) is 0 Å². The molecule has 0 saturated carbocycles. The van der Waals surface area contributed by atoms with Gasteiger partial charge in [-0.05, 0) is 17.7 Å². The van der Waals surface area contributed by atoms with Crippen molar-refractivity contribution in [1.82, 2.24) is 4.90 Å². The lowest BCUT2D eigenvalue weighted by molar-refractivity contribution is -0.179. The Balaban J connectivity index is 2.01. The van der Waals surface area contributed by atoms with Gasteiger partial charge in [-0.25, -0.2) is 0 Å². The number of benzene rings is 1. The first-order valence-electron chi connectivity index (χ1n) is 5.76. The number of carbonyl (C=O) groups excluding carboxylic acids is 1. The summed E-state index contributed by atoms with van der Waals surface area (Å²) in [6, 6.07) is 7.36. The zero-order valence-electron chi connectivity index (χ0n) is 10.2. The Labute approximate surface area is 111 Å². The molecule has 0 aromatic heterocycles. The number of nitrogens with zero attached hydrogens (tertiary/aromatic N) is 1. The van der Waals surface area contributed by atoms with Gasteiger partial charge in [0, 0.05) is 18.6 Å². The first-order chi connectivity index (χ1) is 8.57. The van der Waals surface area contributed by atoms with Gasteiger partial charge in [0.15, 0.2) is 0 Å². The summed E-state index contributed by atoms with van der Waals surface area (Å²) in [5.74, 6) is -0.0776. The third kappa shape index (κ3) is 2.51. The van der Waals surface area contributed by atoms with Crippen LogP contribution in [0.5, 0.6) is 0 Å². The van der Waals surface area contributed by atoms with Crippen molar-refractivity contribution >= 4 is 17.5 Å². The molecule has 1 aromatic carbocycles. The lowest BCUT2D eigenvalue weighted by Crippen LogP contribution is -2.56. The molecular formula is C13H16ClNO3. The Hall–Kier alpha value is -1.10. The highest BCUT2D eigenvalue weighted by molar-refractivity contribution is 6.30. The van der Waals surface area contributed by atoms with Crippen molar-refractivity contribution < 1.29 is 14.6 Å². The molecule has 0 spiro atoms. The molecule has 0 radical (unpaired) electrons. The number of hydrogen-bond donors (Lipinski definition) is 1. The standard InChI is InChI=1S/C13H16ClNO3/c1-15(6-10-2-4-11(14)5-3-10)12(17)13(7-16)8-18-9-13/h2-5,16H,6-9H2,1H3. The number of hydrogen-bond acceptors (Lipinski definition) is 3. The van der Waals surface area contributed by atoms with Crippen LogP contribution in [0, 0.1) is 5.41 Å². The second-order valence-electron chi connectivity index (χ2n) is 4.72. The fourth-order valence-corrected chi connectivity index (χ4v) is 2.10. The van der Waals surface area contributed by atoms with Crippen molar-refractivity contribution in [2.24, 2.45) is 5.41 Å². The first-order valence-corrected chi connectivity index (χ1v) is 6.14. The van der Waals surface area contributed by atoms with Gasteiger partial charge < -0.3 is 14.7 Å². The van der Waals surface area contributed by atoms with Crippen LogP contribution >= 0.6 is 11.6 Å². The summed E-state index contributed by atoms with van der Waals surface area (Å²) in [6.07, 6.45) is 0. The fourth-order valence-electron chi connectivity index (χ4n) is 1.97. The number of ether oxygens (including phenoxy) is 1. The van der Waals surface area contributed by atoms with Crippen molar-refractivity contribution in [2.75, 3.05) is 26.9 Å². The van der Waals surface area contributed by atoms with Crippen LogP contribution in [0.15, 0.2) is 24.3 Å². The molecule has 0 aliphatic carbocycles. The van der Waals surface area contributed by atoms with E-state index >= 15 is 0 Å². The van der Waals surface area contributed by atoms with E-state index in [1.807, 2.05) is 12.1 Å². The summed E-state index contributed by atoms with van der Waals surface area (Å²) in [5, 5.41) is 9.99. The van der Waals surface area contributed by atoms with E-state index in [0.717, 1.165) is 5.56 Å². The molecule has 0 atom stereocenters. The minimum Gasteiger partial charge on any atom is -0.395 e. The summed E-state index contributed by atoms with van der Waals surface area (Å²) in [6.45, 7) is 0.926. The van der Waals surface area contributed by atoms with Gasteiger partial charge in [-0.2, -0.15) is 0 Å². The lowest BCUT2D eigenvalue weighted by Gasteiger charge is -2.40. The molecule has 18 heavy (non-hydrogen) atoms. The molecule has 1 aromatic rings. The van der Waals surface area contributed by atoms with Gasteiger partial charge in [0.05, 0.1) is 19.8 Å². The van der Waals surface area contributed by atoms with Crippen molar-refractivity contribution in [3.05, 3.63) is 34.9 Å². The molecule has 1 heterocycles. The van der Waals surface area contributed by atoms with Gasteiger partial charge in [-0.15, -0.1) is 0 Å². The molecule has 5 heteroatoms. The van der Waals surface area contributed by atoms with E-state index in [0.29, 0.717) is 24.8 Å². The number of carbonyl (C=O) groups is 1. The van der Waals surface area contributed by atoms with Gasteiger partial charge in [0.25, 0.3) is 0 Å². The van der Waals surface area contributed by atoms with E-state index in [9.17, 15) is 9.90 Å². The summed E-state index contributed by atoms with van der Waals surface area (Å²) >= 11 is 5.81. The number of amides is 1. The van der Waals surface area contributed by atoms with Crippen LogP contribution in [-0.2, 0) is 16.1 Å². The maximum Gasteiger partial charge on any atom is 0.235 e. The largest absolute Gasteiger partial charge is 0.395 e. The zero-order valence-corrected chi connectivity index (χ0v) is 11.0. The Morgan fingerprint density at radius 2 is 2.06 bits per heavy atom. The van der Waals surface area contributed by atoms with Gasteiger partial charge in [0.2, 0.25) is 5.91 Å². The number of aliphatic hydroxyl groups excluding tert-OH is 1. The smallest absolute Gasteiger partial charge is 0.235 e. The minimum absolute atomic E-state index is 0.0776. The van der Waals surface area contributed by atoms with Crippen LogP contribution in [0.1, 0.15) is 5.56 Å². The molecule has 1 saturated heterocycles. The third-order valence-electron chi connectivity index (χ3n) is 3.19. The first kappa shape index (κ1) is 13.3. The van der Waals surface area contributed by atoms with Gasteiger partial charge in [-0.3, -0.25) is 4.79 Å². The Morgan fingerprint density at radius 3 is 2.50 bits per heavy atom. The second-order valence-corrected chi connectivity index (χ2v) is 5.16. The molecular weight excluding hydrogens is 254 g/mol. The topological polar surface area (TPSA) is 49.8 Å². The maximum absolute atomic E-state index is 12.2. The summed E-state index contributed by atoms with van der Waals surface area (Å²) in [7, 11) is 1.73. The van der Waals surface area contributed by atoms with Crippen LogP contribution in [0.2, 0.25) is 5.02 Å². The van der Waals surface area contributed by atoms with Crippen LogP contribution in [0.3, 0.4) is 0 Å². The van der Waals surface area contributed by atoms with E-state index in [4.69, 9.17) is 16.3 Å². The highest BCUT2D eigenvalue weighted by atomic mass is 35.5. The summed E-state index contributed by atoms with van der Waals surface area (Å²) in [4.78, 5) is 13.8. The normalized spacial score (nSPS) is 17.1. The van der Waals surface area contributed by atoms with Gasteiger partial charge in [0.1, 0.15) is 5.41 Å². The summed E-state index contributed by atoms with van der Waals surface area (Å²) in [5.41, 5.74) is 0.268. The molecule has 1 amide bonds. The van der Waals surface area contributed by atoms with E-state index in [1.54, 1.807) is 24.1 Å². The van der Waals surface area contributed by atoms with Crippen LogP contribution in [-0.4, -0.2) is 42.8 Å². The Morgan fingerprint density at radius 1 is 1.44 bits per heavy atom. The maximum atomic E-state index is 12.2. The molecule has 1 N–H and O–H groups in total. The average Bonchev–Trinajstić information content (AvgIpc) is 2.31. The number of rotatable bonds is 4. The molecule has 4 nitrogen and oxygen atoms in total. The van der Waals surface area contributed by atoms with Crippen LogP contribution in [0.4, 0.5) is 0 Å². The molecule has 1 fully saturated rings. The van der Waals surface area contributed by atoms with Crippen molar-refractivity contribution in [1.29, 1.82) is 0 Å². The molecule has 0 bridgehead atoms. The molecule has 2 rings (SSSR count). The highest BCUT2D eigenvalue weighted by Gasteiger charge is 2.46. The van der Waals surface area contributed by atoms with Crippen molar-refractivity contribution in [3.63, 3.8) is 0 Å². The van der Waals surface area contributed by atoms with Crippen LogP contribution in [0.25, 0.3) is 0 Å². The quantitative estimate of drug-likeness (QED) is 0.897.